The first kappa shape index (κ1) is 12.3. The molecule has 2 heterocycles. The van der Waals surface area contributed by atoms with E-state index in [1.807, 2.05) is 0 Å². The number of rotatable bonds is 1. The van der Waals surface area contributed by atoms with Gasteiger partial charge in [-0.25, -0.2) is 8.42 Å². The molecule has 2 unspecified atom stereocenters. The lowest BCUT2D eigenvalue weighted by atomic mass is 10.1. The van der Waals surface area contributed by atoms with Crippen molar-refractivity contribution in [1.82, 2.24) is 10.2 Å². The van der Waals surface area contributed by atoms with Gasteiger partial charge in [0.1, 0.15) is 0 Å². The highest BCUT2D eigenvalue weighted by Gasteiger charge is 2.32. The molecule has 94 valence electrons. The number of nitrogens with one attached hydrogen (secondary N) is 1. The topological polar surface area (TPSA) is 49.4 Å². The van der Waals surface area contributed by atoms with E-state index < -0.39 is 9.84 Å². The quantitative estimate of drug-likeness (QED) is 0.720. The molecule has 0 amide bonds. The van der Waals surface area contributed by atoms with Crippen molar-refractivity contribution in [2.75, 3.05) is 31.1 Å². The number of nitrogens with zero attached hydrogens (tertiary/aromatic N) is 1. The number of sulfone groups is 1. The van der Waals surface area contributed by atoms with E-state index >= 15 is 0 Å². The second kappa shape index (κ2) is 5.02. The van der Waals surface area contributed by atoms with Crippen LogP contribution in [0.3, 0.4) is 0 Å². The van der Waals surface area contributed by atoms with Crippen molar-refractivity contribution < 1.29 is 8.42 Å². The molecule has 0 aromatic rings. The average molecular weight is 246 g/mol. The highest BCUT2D eigenvalue weighted by molar-refractivity contribution is 7.91. The van der Waals surface area contributed by atoms with Gasteiger partial charge >= 0.3 is 0 Å². The van der Waals surface area contributed by atoms with E-state index in [4.69, 9.17) is 0 Å². The van der Waals surface area contributed by atoms with Crippen molar-refractivity contribution in [1.29, 1.82) is 0 Å². The second-order valence-corrected chi connectivity index (χ2v) is 7.26. The summed E-state index contributed by atoms with van der Waals surface area (Å²) in [7, 11) is -2.77. The summed E-state index contributed by atoms with van der Waals surface area (Å²) in [5, 5.41) is 3.40. The lowest BCUT2D eigenvalue weighted by Crippen LogP contribution is -2.51. The molecule has 16 heavy (non-hydrogen) atoms. The Morgan fingerprint density at radius 2 is 2.06 bits per heavy atom. The van der Waals surface area contributed by atoms with Gasteiger partial charge in [0.25, 0.3) is 0 Å². The van der Waals surface area contributed by atoms with Gasteiger partial charge in [0, 0.05) is 18.6 Å². The third kappa shape index (κ3) is 2.96. The minimum absolute atomic E-state index is 0.196. The first-order valence-electron chi connectivity index (χ1n) is 6.25. The van der Waals surface area contributed by atoms with E-state index in [0.29, 0.717) is 17.5 Å². The molecule has 2 aliphatic rings. The lowest BCUT2D eigenvalue weighted by molar-refractivity contribution is 0.145. The zero-order chi connectivity index (χ0) is 11.6. The van der Waals surface area contributed by atoms with Gasteiger partial charge in [-0.1, -0.05) is 0 Å². The van der Waals surface area contributed by atoms with E-state index in [9.17, 15) is 8.42 Å². The van der Waals surface area contributed by atoms with Crippen LogP contribution in [0.15, 0.2) is 0 Å². The molecule has 0 bridgehead atoms. The van der Waals surface area contributed by atoms with Crippen LogP contribution in [0, 0.1) is 0 Å². The molecule has 0 aliphatic carbocycles. The Kier molecular flexibility index (Phi) is 3.87. The van der Waals surface area contributed by atoms with E-state index in [1.165, 1.54) is 12.8 Å². The van der Waals surface area contributed by atoms with Crippen molar-refractivity contribution in [2.45, 2.75) is 38.3 Å². The molecular formula is C11H22N2O2S. The Hall–Kier alpha value is -0.130. The summed E-state index contributed by atoms with van der Waals surface area (Å²) < 4.78 is 23.0. The van der Waals surface area contributed by atoms with Crippen LogP contribution in [0.2, 0.25) is 0 Å². The van der Waals surface area contributed by atoms with E-state index in [0.717, 1.165) is 26.1 Å². The van der Waals surface area contributed by atoms with Crippen LogP contribution < -0.4 is 5.32 Å². The Morgan fingerprint density at radius 3 is 2.81 bits per heavy atom. The van der Waals surface area contributed by atoms with Crippen LogP contribution in [0.5, 0.6) is 0 Å². The lowest BCUT2D eigenvalue weighted by Gasteiger charge is -2.39. The maximum Gasteiger partial charge on any atom is 0.153 e. The third-order valence-corrected chi connectivity index (χ3v) is 5.53. The van der Waals surface area contributed by atoms with Crippen molar-refractivity contribution in [3.05, 3.63) is 0 Å². The van der Waals surface area contributed by atoms with Crippen LogP contribution in [-0.2, 0) is 9.84 Å². The summed E-state index contributed by atoms with van der Waals surface area (Å²) in [4.78, 5) is 2.41. The van der Waals surface area contributed by atoms with Crippen LogP contribution in [0.4, 0.5) is 0 Å². The fraction of sp³-hybridized carbons (Fsp3) is 1.00. The number of hydrogen-bond acceptors (Lipinski definition) is 4. The van der Waals surface area contributed by atoms with Crippen LogP contribution in [0.1, 0.15) is 26.2 Å². The Labute approximate surface area is 98.3 Å². The molecule has 1 N–H and O–H groups in total. The molecule has 0 radical (unpaired) electrons. The van der Waals surface area contributed by atoms with Crippen LogP contribution in [-0.4, -0.2) is 56.5 Å². The zero-order valence-electron chi connectivity index (χ0n) is 9.98. The molecule has 2 atom stereocenters. The van der Waals surface area contributed by atoms with Gasteiger partial charge in [-0.2, -0.15) is 0 Å². The minimum atomic E-state index is -2.77. The number of hydrogen-bond donors (Lipinski definition) is 1. The summed E-state index contributed by atoms with van der Waals surface area (Å²) in [5.41, 5.74) is 0. The van der Waals surface area contributed by atoms with E-state index in [1.54, 1.807) is 0 Å². The van der Waals surface area contributed by atoms with Crippen molar-refractivity contribution in [2.24, 2.45) is 0 Å². The fourth-order valence-corrected chi connectivity index (χ4v) is 4.47. The van der Waals surface area contributed by atoms with Crippen LogP contribution >= 0.6 is 0 Å². The van der Waals surface area contributed by atoms with Gasteiger partial charge < -0.3 is 5.32 Å². The van der Waals surface area contributed by atoms with Crippen molar-refractivity contribution >= 4 is 9.84 Å². The molecule has 4 nitrogen and oxygen atoms in total. The molecular weight excluding hydrogens is 224 g/mol. The summed E-state index contributed by atoms with van der Waals surface area (Å²) >= 11 is 0. The summed E-state index contributed by atoms with van der Waals surface area (Å²) in [6.45, 7) is 4.96. The normalized spacial score (nSPS) is 36.8. The van der Waals surface area contributed by atoms with Crippen LogP contribution in [0.25, 0.3) is 0 Å². The predicted molar refractivity (Wildman–Crippen MR) is 65.3 cm³/mol. The van der Waals surface area contributed by atoms with Gasteiger partial charge in [-0.3, -0.25) is 4.90 Å². The fourth-order valence-electron chi connectivity index (χ4n) is 2.89. The Balaban J connectivity index is 1.98. The first-order chi connectivity index (χ1) is 7.58. The molecule has 0 saturated carbocycles. The summed E-state index contributed by atoms with van der Waals surface area (Å²) in [5.74, 6) is 0.693. The van der Waals surface area contributed by atoms with Crippen molar-refractivity contribution in [3.8, 4) is 0 Å². The molecule has 2 fully saturated rings. The standard InChI is InChI=1S/C11H22N2O2S/c1-10-9-16(14,15)8-7-13(10)11-3-2-5-12-6-4-11/h10-12H,2-9H2,1H3. The van der Waals surface area contributed by atoms with Gasteiger partial charge in [0.2, 0.25) is 0 Å². The van der Waals surface area contributed by atoms with Gasteiger partial charge in [-0.05, 0) is 39.3 Å². The van der Waals surface area contributed by atoms with E-state index in [-0.39, 0.29) is 6.04 Å². The van der Waals surface area contributed by atoms with Gasteiger partial charge in [0.05, 0.1) is 11.5 Å². The summed E-state index contributed by atoms with van der Waals surface area (Å²) in [6, 6.07) is 0.780. The highest BCUT2D eigenvalue weighted by atomic mass is 32.2. The SMILES string of the molecule is CC1CS(=O)(=O)CCN1C1CCCNCC1. The third-order valence-electron chi connectivity index (χ3n) is 3.74. The molecule has 0 aromatic heterocycles. The predicted octanol–water partition coefficient (Wildman–Crippen LogP) is 0.247. The highest BCUT2D eigenvalue weighted by Crippen LogP contribution is 2.20. The summed E-state index contributed by atoms with van der Waals surface area (Å²) in [6.07, 6.45) is 3.57. The van der Waals surface area contributed by atoms with Crippen molar-refractivity contribution in [3.63, 3.8) is 0 Å². The molecule has 2 rings (SSSR count). The minimum Gasteiger partial charge on any atom is -0.317 e. The van der Waals surface area contributed by atoms with Gasteiger partial charge in [0.15, 0.2) is 9.84 Å². The first-order valence-corrected chi connectivity index (χ1v) is 8.07. The Morgan fingerprint density at radius 1 is 1.25 bits per heavy atom. The maximum atomic E-state index is 11.5. The monoisotopic (exact) mass is 246 g/mol. The van der Waals surface area contributed by atoms with E-state index in [2.05, 4.69) is 17.1 Å². The second-order valence-electron chi connectivity index (χ2n) is 5.04. The zero-order valence-corrected chi connectivity index (χ0v) is 10.8. The molecule has 0 spiro atoms. The molecule has 5 heteroatoms. The molecule has 0 aromatic carbocycles. The molecule has 2 saturated heterocycles. The largest absolute Gasteiger partial charge is 0.317 e. The molecule has 2 aliphatic heterocycles. The average Bonchev–Trinajstić information content (AvgIpc) is 2.44. The Bertz CT molecular complexity index is 321. The smallest absolute Gasteiger partial charge is 0.153 e. The van der Waals surface area contributed by atoms with Gasteiger partial charge in [-0.15, -0.1) is 0 Å². The maximum absolute atomic E-state index is 11.5.